The van der Waals surface area contributed by atoms with Crippen LogP contribution in [-0.4, -0.2) is 10.9 Å². The molecule has 1 N–H and O–H groups in total. The van der Waals surface area contributed by atoms with E-state index in [2.05, 4.69) is 26.2 Å². The van der Waals surface area contributed by atoms with Crippen molar-refractivity contribution in [2.75, 3.05) is 0 Å². The number of thiophene rings is 1. The fourth-order valence-electron chi connectivity index (χ4n) is 1.43. The van der Waals surface area contributed by atoms with Crippen molar-refractivity contribution in [3.63, 3.8) is 0 Å². The van der Waals surface area contributed by atoms with Gasteiger partial charge in [0.2, 0.25) is 5.76 Å². The molecule has 2 aromatic rings. The molecule has 6 heteroatoms. The lowest BCUT2D eigenvalue weighted by Gasteiger charge is -2.02. The summed E-state index contributed by atoms with van der Waals surface area (Å²) in [4.78, 5) is 17.0. The van der Waals surface area contributed by atoms with E-state index in [4.69, 9.17) is 4.42 Å². The summed E-state index contributed by atoms with van der Waals surface area (Å²) in [6.45, 7) is 3.96. The van der Waals surface area contributed by atoms with Crippen LogP contribution in [0.1, 0.15) is 27.0 Å². The molecule has 0 spiro atoms. The van der Waals surface area contributed by atoms with E-state index in [9.17, 15) is 4.79 Å². The lowest BCUT2D eigenvalue weighted by atomic mass is 10.3. The Kier molecular flexibility index (Phi) is 3.63. The van der Waals surface area contributed by atoms with E-state index < -0.39 is 0 Å². The summed E-state index contributed by atoms with van der Waals surface area (Å²) in [5.41, 5.74) is 0.616. The lowest BCUT2D eigenvalue weighted by Crippen LogP contribution is -2.22. The molecule has 0 bridgehead atoms. The Morgan fingerprint density at radius 1 is 1.59 bits per heavy atom. The summed E-state index contributed by atoms with van der Waals surface area (Å²) in [6, 6.07) is 1.95. The minimum absolute atomic E-state index is 0.233. The van der Waals surface area contributed by atoms with Crippen LogP contribution in [0.4, 0.5) is 0 Å². The zero-order valence-corrected chi connectivity index (χ0v) is 11.8. The van der Waals surface area contributed by atoms with Gasteiger partial charge in [-0.3, -0.25) is 4.79 Å². The maximum atomic E-state index is 11.8. The first kappa shape index (κ1) is 12.3. The van der Waals surface area contributed by atoms with Gasteiger partial charge in [-0.2, -0.15) is 0 Å². The Labute approximate surface area is 111 Å². The van der Waals surface area contributed by atoms with Crippen LogP contribution >= 0.6 is 27.3 Å². The zero-order chi connectivity index (χ0) is 12.4. The van der Waals surface area contributed by atoms with Crippen molar-refractivity contribution in [1.82, 2.24) is 10.3 Å². The highest BCUT2D eigenvalue weighted by Crippen LogP contribution is 2.22. The third-order valence-electron chi connectivity index (χ3n) is 2.21. The fourth-order valence-corrected chi connectivity index (χ4v) is 2.87. The molecule has 90 valence electrons. The molecule has 4 nitrogen and oxygen atoms in total. The molecule has 2 heterocycles. The first-order valence-electron chi connectivity index (χ1n) is 5.02. The van der Waals surface area contributed by atoms with E-state index in [0.717, 1.165) is 9.35 Å². The Morgan fingerprint density at radius 3 is 2.88 bits per heavy atom. The smallest absolute Gasteiger partial charge is 0.289 e. The predicted octanol–water partition coefficient (Wildman–Crippen LogP) is 3.05. The molecule has 0 aliphatic rings. The highest BCUT2D eigenvalue weighted by Gasteiger charge is 2.15. The first-order chi connectivity index (χ1) is 8.08. The number of aromatic nitrogens is 1. The van der Waals surface area contributed by atoms with Crippen molar-refractivity contribution in [2.45, 2.75) is 20.4 Å². The summed E-state index contributed by atoms with van der Waals surface area (Å²) >= 11 is 5.00. The highest BCUT2D eigenvalue weighted by atomic mass is 79.9. The van der Waals surface area contributed by atoms with Gasteiger partial charge < -0.3 is 9.73 Å². The molecule has 0 unspecified atom stereocenters. The third-order valence-corrected chi connectivity index (χ3v) is 4.14. The number of hydrogen-bond acceptors (Lipinski definition) is 4. The monoisotopic (exact) mass is 314 g/mol. The van der Waals surface area contributed by atoms with Gasteiger partial charge in [0.15, 0.2) is 5.89 Å². The van der Waals surface area contributed by atoms with Crippen molar-refractivity contribution < 1.29 is 9.21 Å². The number of rotatable bonds is 3. The van der Waals surface area contributed by atoms with Gasteiger partial charge >= 0.3 is 0 Å². The normalized spacial score (nSPS) is 10.5. The Balaban J connectivity index is 2.03. The zero-order valence-electron chi connectivity index (χ0n) is 9.41. The number of carbonyl (C=O) groups is 1. The van der Waals surface area contributed by atoms with Crippen LogP contribution in [0.15, 0.2) is 20.3 Å². The van der Waals surface area contributed by atoms with Gasteiger partial charge in [0.1, 0.15) is 0 Å². The van der Waals surface area contributed by atoms with Crippen LogP contribution in [-0.2, 0) is 6.54 Å². The van der Waals surface area contributed by atoms with Crippen LogP contribution in [0.5, 0.6) is 0 Å². The van der Waals surface area contributed by atoms with Crippen molar-refractivity contribution in [3.8, 4) is 0 Å². The molecule has 0 aliphatic heterocycles. The second-order valence-electron chi connectivity index (χ2n) is 3.52. The summed E-state index contributed by atoms with van der Waals surface area (Å²) in [6.07, 6.45) is 0. The molecule has 1 amide bonds. The number of aryl methyl sites for hydroxylation is 2. The van der Waals surface area contributed by atoms with Crippen molar-refractivity contribution in [2.24, 2.45) is 0 Å². The standard InChI is InChI=1S/C11H11BrN2O2S/c1-6-10(16-7(2)14-6)11(15)13-5-9-8(12)3-4-17-9/h3-4H,5H2,1-2H3,(H,13,15). The number of nitrogens with zero attached hydrogens (tertiary/aromatic N) is 1. The van der Waals surface area contributed by atoms with E-state index in [-0.39, 0.29) is 11.7 Å². The maximum Gasteiger partial charge on any atom is 0.289 e. The Hall–Kier alpha value is -1.14. The first-order valence-corrected chi connectivity index (χ1v) is 6.69. The summed E-state index contributed by atoms with van der Waals surface area (Å²) in [7, 11) is 0. The molecule has 2 aromatic heterocycles. The summed E-state index contributed by atoms with van der Waals surface area (Å²) in [5, 5.41) is 4.77. The van der Waals surface area contributed by atoms with E-state index >= 15 is 0 Å². The van der Waals surface area contributed by atoms with Gasteiger partial charge in [-0.1, -0.05) is 0 Å². The number of nitrogens with one attached hydrogen (secondary N) is 1. The molecule has 2 rings (SSSR count). The van der Waals surface area contributed by atoms with Crippen LogP contribution in [0, 0.1) is 13.8 Å². The second kappa shape index (κ2) is 5.01. The summed E-state index contributed by atoms with van der Waals surface area (Å²) < 4.78 is 6.25. The van der Waals surface area contributed by atoms with E-state index in [1.54, 1.807) is 25.2 Å². The van der Waals surface area contributed by atoms with Gasteiger partial charge in [0, 0.05) is 16.3 Å². The molecule has 0 aliphatic carbocycles. The molecule has 0 fully saturated rings. The second-order valence-corrected chi connectivity index (χ2v) is 5.38. The van der Waals surface area contributed by atoms with Crippen molar-refractivity contribution >= 4 is 33.2 Å². The largest absolute Gasteiger partial charge is 0.436 e. The molecule has 0 aromatic carbocycles. The van der Waals surface area contributed by atoms with Crippen molar-refractivity contribution in [1.29, 1.82) is 0 Å². The van der Waals surface area contributed by atoms with E-state index in [0.29, 0.717) is 18.1 Å². The minimum Gasteiger partial charge on any atom is -0.436 e. The van der Waals surface area contributed by atoms with Crippen LogP contribution in [0.25, 0.3) is 0 Å². The van der Waals surface area contributed by atoms with Crippen LogP contribution < -0.4 is 5.32 Å². The molecule has 17 heavy (non-hydrogen) atoms. The Bertz CT molecular complexity index is 547. The average Bonchev–Trinajstić information content (AvgIpc) is 2.81. The highest BCUT2D eigenvalue weighted by molar-refractivity contribution is 9.10. The fraction of sp³-hybridized carbons (Fsp3) is 0.273. The van der Waals surface area contributed by atoms with Gasteiger partial charge in [0.05, 0.1) is 12.2 Å². The van der Waals surface area contributed by atoms with Crippen molar-refractivity contribution in [3.05, 3.63) is 38.1 Å². The lowest BCUT2D eigenvalue weighted by molar-refractivity contribution is 0.0921. The quantitative estimate of drug-likeness (QED) is 0.947. The van der Waals surface area contributed by atoms with Gasteiger partial charge in [-0.25, -0.2) is 4.98 Å². The van der Waals surface area contributed by atoms with E-state index in [1.165, 1.54) is 0 Å². The summed E-state index contributed by atoms with van der Waals surface area (Å²) in [5.74, 6) is 0.559. The number of oxazole rings is 1. The molecule has 0 atom stereocenters. The topological polar surface area (TPSA) is 55.1 Å². The third kappa shape index (κ3) is 2.76. The van der Waals surface area contributed by atoms with Gasteiger partial charge in [0.25, 0.3) is 5.91 Å². The molecular formula is C11H11BrN2O2S. The number of amides is 1. The minimum atomic E-state index is -0.233. The van der Waals surface area contributed by atoms with Gasteiger partial charge in [-0.15, -0.1) is 11.3 Å². The molecule has 0 radical (unpaired) electrons. The Morgan fingerprint density at radius 2 is 2.35 bits per heavy atom. The average molecular weight is 315 g/mol. The molecule has 0 saturated heterocycles. The van der Waals surface area contributed by atoms with Gasteiger partial charge in [-0.05, 0) is 34.3 Å². The SMILES string of the molecule is Cc1nc(C)c(C(=O)NCc2sccc2Br)o1. The predicted molar refractivity (Wildman–Crippen MR) is 69.2 cm³/mol. The van der Waals surface area contributed by atoms with E-state index in [1.807, 2.05) is 11.4 Å². The van der Waals surface area contributed by atoms with Crippen LogP contribution in [0.2, 0.25) is 0 Å². The number of halogens is 1. The van der Waals surface area contributed by atoms with Crippen LogP contribution in [0.3, 0.4) is 0 Å². The molecule has 0 saturated carbocycles. The maximum absolute atomic E-state index is 11.8. The number of carbonyl (C=O) groups excluding carboxylic acids is 1. The molecular weight excluding hydrogens is 304 g/mol. The number of hydrogen-bond donors (Lipinski definition) is 1.